The molecule has 2 aromatic carbocycles. The topological polar surface area (TPSA) is 41.9 Å². The van der Waals surface area contributed by atoms with E-state index in [0.29, 0.717) is 25.8 Å². The molecular weight excluding hydrogens is 314 g/mol. The van der Waals surface area contributed by atoms with E-state index in [-0.39, 0.29) is 0 Å². The van der Waals surface area contributed by atoms with Gasteiger partial charge in [0.05, 0.1) is 19.3 Å². The minimum Gasteiger partial charge on any atom is -0.490 e. The van der Waals surface area contributed by atoms with E-state index < -0.39 is 6.10 Å². The number of β-amino-alcohol motifs (C(OH)–C–C–N with tert-alkyl or cyclic N) is 1. The summed E-state index contributed by atoms with van der Waals surface area (Å²) in [7, 11) is 0. The molecular formula is C21H25NO3. The van der Waals surface area contributed by atoms with E-state index in [1.54, 1.807) is 0 Å². The van der Waals surface area contributed by atoms with Crippen LogP contribution in [0.1, 0.15) is 42.5 Å². The Morgan fingerprint density at radius 1 is 1.00 bits per heavy atom. The Morgan fingerprint density at radius 3 is 2.64 bits per heavy atom. The van der Waals surface area contributed by atoms with Gasteiger partial charge in [-0.15, -0.1) is 0 Å². The number of aliphatic hydroxyl groups excluding tert-OH is 1. The van der Waals surface area contributed by atoms with Crippen LogP contribution >= 0.6 is 0 Å². The average molecular weight is 339 g/mol. The number of nitrogens with zero attached hydrogens (tertiary/aromatic N) is 1. The van der Waals surface area contributed by atoms with Crippen LogP contribution in [0.25, 0.3) is 0 Å². The van der Waals surface area contributed by atoms with Crippen LogP contribution in [0.2, 0.25) is 0 Å². The lowest BCUT2D eigenvalue weighted by atomic mass is 10.0. The first-order valence-electron chi connectivity index (χ1n) is 9.18. The van der Waals surface area contributed by atoms with Crippen molar-refractivity contribution in [3.05, 3.63) is 59.7 Å². The molecule has 1 fully saturated rings. The lowest BCUT2D eigenvalue weighted by molar-refractivity contribution is 0.106. The number of rotatable bonds is 4. The summed E-state index contributed by atoms with van der Waals surface area (Å²) in [6, 6.07) is 16.5. The largest absolute Gasteiger partial charge is 0.490 e. The lowest BCUT2D eigenvalue weighted by Crippen LogP contribution is -2.28. The van der Waals surface area contributed by atoms with Crippen LogP contribution in [0.5, 0.6) is 11.5 Å². The summed E-state index contributed by atoms with van der Waals surface area (Å²) in [4.78, 5) is 2.39. The highest BCUT2D eigenvalue weighted by atomic mass is 16.5. The highest BCUT2D eigenvalue weighted by Gasteiger charge is 2.28. The second-order valence-corrected chi connectivity index (χ2v) is 6.84. The monoisotopic (exact) mass is 339 g/mol. The minimum atomic E-state index is -0.456. The Labute approximate surface area is 149 Å². The quantitative estimate of drug-likeness (QED) is 0.922. The lowest BCUT2D eigenvalue weighted by Gasteiger charge is -2.27. The third-order valence-corrected chi connectivity index (χ3v) is 5.11. The van der Waals surface area contributed by atoms with Crippen molar-refractivity contribution < 1.29 is 14.6 Å². The smallest absolute Gasteiger partial charge is 0.161 e. The fourth-order valence-corrected chi connectivity index (χ4v) is 3.81. The Morgan fingerprint density at radius 2 is 1.80 bits per heavy atom. The van der Waals surface area contributed by atoms with E-state index >= 15 is 0 Å². The van der Waals surface area contributed by atoms with Gasteiger partial charge in [0.15, 0.2) is 11.5 Å². The molecule has 2 aromatic rings. The Kier molecular flexibility index (Phi) is 4.90. The molecule has 2 heterocycles. The highest BCUT2D eigenvalue weighted by Crippen LogP contribution is 2.38. The summed E-state index contributed by atoms with van der Waals surface area (Å²) < 4.78 is 11.6. The number of ether oxygens (including phenoxy) is 2. The highest BCUT2D eigenvalue weighted by molar-refractivity contribution is 5.44. The maximum Gasteiger partial charge on any atom is 0.161 e. The fourth-order valence-electron chi connectivity index (χ4n) is 3.81. The van der Waals surface area contributed by atoms with Crippen molar-refractivity contribution in [3.8, 4) is 11.5 Å². The van der Waals surface area contributed by atoms with Crippen molar-refractivity contribution >= 4 is 0 Å². The van der Waals surface area contributed by atoms with E-state index in [0.717, 1.165) is 42.9 Å². The third kappa shape index (κ3) is 3.65. The second kappa shape index (κ2) is 7.46. The molecule has 0 unspecified atom stereocenters. The van der Waals surface area contributed by atoms with Gasteiger partial charge in [0.25, 0.3) is 0 Å². The number of fused-ring (bicyclic) bond motifs is 1. The molecule has 0 aliphatic carbocycles. The van der Waals surface area contributed by atoms with Gasteiger partial charge in [0, 0.05) is 19.0 Å². The summed E-state index contributed by atoms with van der Waals surface area (Å²) in [5.41, 5.74) is 2.23. The first kappa shape index (κ1) is 16.4. The molecule has 1 N–H and O–H groups in total. The van der Waals surface area contributed by atoms with E-state index in [1.165, 1.54) is 5.56 Å². The minimum absolute atomic E-state index is 0.329. The molecule has 0 radical (unpaired) electrons. The molecule has 1 saturated heterocycles. The van der Waals surface area contributed by atoms with Gasteiger partial charge in [0.1, 0.15) is 0 Å². The zero-order valence-electron chi connectivity index (χ0n) is 14.4. The van der Waals surface area contributed by atoms with Crippen molar-refractivity contribution in [2.75, 3.05) is 26.3 Å². The summed E-state index contributed by atoms with van der Waals surface area (Å²) >= 11 is 0. The van der Waals surface area contributed by atoms with Crippen LogP contribution in [0, 0.1) is 0 Å². The van der Waals surface area contributed by atoms with E-state index in [9.17, 15) is 5.11 Å². The van der Waals surface area contributed by atoms with Gasteiger partial charge in [-0.3, -0.25) is 4.90 Å². The van der Waals surface area contributed by atoms with Gasteiger partial charge >= 0.3 is 0 Å². The second-order valence-electron chi connectivity index (χ2n) is 6.84. The van der Waals surface area contributed by atoms with E-state index in [1.807, 2.05) is 36.4 Å². The van der Waals surface area contributed by atoms with Gasteiger partial charge in [-0.2, -0.15) is 0 Å². The van der Waals surface area contributed by atoms with Crippen LogP contribution in [0.4, 0.5) is 0 Å². The van der Waals surface area contributed by atoms with Gasteiger partial charge in [-0.05, 0) is 42.6 Å². The van der Waals surface area contributed by atoms with Crippen molar-refractivity contribution in [3.63, 3.8) is 0 Å². The standard InChI is InChI=1S/C21H25NO3/c23-19(16-6-2-1-3-7-16)15-22-11-4-8-18(22)17-9-10-20-21(14-17)25-13-5-12-24-20/h1-3,6-7,9-10,14,18-19,23H,4-5,8,11-13,15H2/t18-,19-/m1/s1. The first-order valence-corrected chi connectivity index (χ1v) is 9.18. The summed E-state index contributed by atoms with van der Waals surface area (Å²) in [6.45, 7) is 3.09. The van der Waals surface area contributed by atoms with Crippen molar-refractivity contribution in [1.82, 2.24) is 4.90 Å². The number of hydrogen-bond acceptors (Lipinski definition) is 4. The predicted molar refractivity (Wildman–Crippen MR) is 97.0 cm³/mol. The van der Waals surface area contributed by atoms with Crippen LogP contribution in [0.3, 0.4) is 0 Å². The zero-order valence-corrected chi connectivity index (χ0v) is 14.4. The number of likely N-dealkylation sites (tertiary alicyclic amines) is 1. The molecule has 25 heavy (non-hydrogen) atoms. The molecule has 4 heteroatoms. The molecule has 0 spiro atoms. The van der Waals surface area contributed by atoms with Crippen molar-refractivity contribution in [2.45, 2.75) is 31.4 Å². The Hall–Kier alpha value is -2.04. The zero-order chi connectivity index (χ0) is 17.1. The predicted octanol–water partition coefficient (Wildman–Crippen LogP) is 3.72. The van der Waals surface area contributed by atoms with Crippen LogP contribution < -0.4 is 9.47 Å². The van der Waals surface area contributed by atoms with Gasteiger partial charge in [0.2, 0.25) is 0 Å². The SMILES string of the molecule is O[C@H](CN1CCC[C@@H]1c1ccc2c(c1)OCCCO2)c1ccccc1. The van der Waals surface area contributed by atoms with Crippen LogP contribution in [0.15, 0.2) is 48.5 Å². The van der Waals surface area contributed by atoms with Crippen LogP contribution in [-0.4, -0.2) is 36.3 Å². The number of aliphatic hydroxyl groups is 1. The van der Waals surface area contributed by atoms with Crippen molar-refractivity contribution in [1.29, 1.82) is 0 Å². The molecule has 2 aliphatic rings. The Balaban J connectivity index is 1.50. The van der Waals surface area contributed by atoms with E-state index in [2.05, 4.69) is 17.0 Å². The summed E-state index contributed by atoms with van der Waals surface area (Å²) in [6.07, 6.45) is 2.73. The normalized spacial score (nSPS) is 21.7. The first-order chi connectivity index (χ1) is 12.3. The molecule has 2 atom stereocenters. The molecule has 0 amide bonds. The summed E-state index contributed by atoms with van der Waals surface area (Å²) in [5.74, 6) is 1.69. The van der Waals surface area contributed by atoms with Crippen LogP contribution in [-0.2, 0) is 0 Å². The number of benzene rings is 2. The molecule has 132 valence electrons. The van der Waals surface area contributed by atoms with Gasteiger partial charge in [-0.1, -0.05) is 36.4 Å². The maximum atomic E-state index is 10.6. The molecule has 4 rings (SSSR count). The average Bonchev–Trinajstić information content (AvgIpc) is 2.98. The van der Waals surface area contributed by atoms with Gasteiger partial charge in [-0.25, -0.2) is 0 Å². The van der Waals surface area contributed by atoms with Crippen molar-refractivity contribution in [2.24, 2.45) is 0 Å². The number of hydrogen-bond donors (Lipinski definition) is 1. The summed E-state index contributed by atoms with van der Waals surface area (Å²) in [5, 5.41) is 10.6. The third-order valence-electron chi connectivity index (χ3n) is 5.11. The van der Waals surface area contributed by atoms with E-state index in [4.69, 9.17) is 9.47 Å². The molecule has 0 saturated carbocycles. The molecule has 4 nitrogen and oxygen atoms in total. The maximum absolute atomic E-state index is 10.6. The molecule has 2 aliphatic heterocycles. The molecule has 0 aromatic heterocycles. The fraction of sp³-hybridized carbons (Fsp3) is 0.429. The van der Waals surface area contributed by atoms with Gasteiger partial charge < -0.3 is 14.6 Å². The Bertz CT molecular complexity index is 704. The molecule has 0 bridgehead atoms.